The van der Waals surface area contributed by atoms with Gasteiger partial charge in [0.1, 0.15) is 5.76 Å². The number of hydrogen-bond acceptors (Lipinski definition) is 6. The van der Waals surface area contributed by atoms with Gasteiger partial charge in [0.2, 0.25) is 0 Å². The predicted molar refractivity (Wildman–Crippen MR) is 130 cm³/mol. The number of ether oxygens (including phenoxy) is 1. The molecule has 1 amide bonds. The van der Waals surface area contributed by atoms with Crippen molar-refractivity contribution in [2.45, 2.75) is 57.2 Å². The normalized spacial score (nSPS) is 21.0. The van der Waals surface area contributed by atoms with Crippen molar-refractivity contribution in [1.29, 1.82) is 0 Å². The van der Waals surface area contributed by atoms with Crippen molar-refractivity contribution in [3.63, 3.8) is 0 Å². The van der Waals surface area contributed by atoms with E-state index in [1.165, 1.54) is 0 Å². The van der Waals surface area contributed by atoms with Crippen molar-refractivity contribution < 1.29 is 27.1 Å². The second-order valence-corrected chi connectivity index (χ2v) is 10.1. The lowest BCUT2D eigenvalue weighted by molar-refractivity contribution is -0.157. The van der Waals surface area contributed by atoms with Crippen LogP contribution in [0.3, 0.4) is 0 Å². The summed E-state index contributed by atoms with van der Waals surface area (Å²) in [6.07, 6.45) is 3.61. The summed E-state index contributed by atoms with van der Waals surface area (Å²) in [4.78, 5) is 19.4. The van der Waals surface area contributed by atoms with Gasteiger partial charge in [0.15, 0.2) is 6.61 Å². The van der Waals surface area contributed by atoms with Crippen LogP contribution in [0.2, 0.25) is 0 Å². The van der Waals surface area contributed by atoms with Crippen LogP contribution >= 0.6 is 0 Å². The third-order valence-electron chi connectivity index (χ3n) is 7.38. The van der Waals surface area contributed by atoms with Crippen LogP contribution in [0.4, 0.5) is 13.2 Å². The van der Waals surface area contributed by atoms with E-state index in [2.05, 4.69) is 25.0 Å². The van der Waals surface area contributed by atoms with Gasteiger partial charge in [-0.1, -0.05) is 6.07 Å². The third kappa shape index (κ3) is 6.44. The van der Waals surface area contributed by atoms with Crippen molar-refractivity contribution in [3.8, 4) is 6.08 Å². The molecule has 37 heavy (non-hydrogen) atoms. The topological polar surface area (TPSA) is 85.4 Å². The molecule has 0 unspecified atom stereocenters. The molecular formula is C26H32F3N5O3. The van der Waals surface area contributed by atoms with Crippen LogP contribution in [0.1, 0.15) is 53.9 Å². The molecule has 8 nitrogen and oxygen atoms in total. The molecule has 1 aliphatic heterocycles. The number of nitrogens with zero attached hydrogens (tertiary/aromatic N) is 4. The number of carbonyl (C=O) groups excluding carboxylic acids is 1. The van der Waals surface area contributed by atoms with Crippen molar-refractivity contribution in [2.75, 3.05) is 26.2 Å². The molecule has 1 N–H and O–H groups in total. The minimum Gasteiger partial charge on any atom is -0.441 e. The van der Waals surface area contributed by atoms with E-state index in [-0.39, 0.29) is 18.0 Å². The Balaban J connectivity index is 1.04. The Labute approximate surface area is 213 Å². The minimum absolute atomic E-state index is 0.0380. The number of hydrogen-bond donors (Lipinski definition) is 1. The molecule has 0 spiro atoms. The number of alkyl halides is 3. The van der Waals surface area contributed by atoms with Crippen LogP contribution < -0.4 is 10.1 Å². The second-order valence-electron chi connectivity index (χ2n) is 10.1. The van der Waals surface area contributed by atoms with E-state index < -0.39 is 12.8 Å². The van der Waals surface area contributed by atoms with Gasteiger partial charge < -0.3 is 19.4 Å². The molecule has 1 aliphatic carbocycles. The Hall–Kier alpha value is -3.08. The minimum atomic E-state index is -4.41. The fourth-order valence-electron chi connectivity index (χ4n) is 5.40. The molecule has 11 heteroatoms. The number of rotatable bonds is 7. The maximum Gasteiger partial charge on any atom is 0.422 e. The van der Waals surface area contributed by atoms with Gasteiger partial charge in [0.05, 0.1) is 16.8 Å². The van der Waals surface area contributed by atoms with Crippen LogP contribution in [-0.4, -0.2) is 64.0 Å². The predicted octanol–water partition coefficient (Wildman–Crippen LogP) is 4.28. The maximum atomic E-state index is 12.9. The van der Waals surface area contributed by atoms with Crippen molar-refractivity contribution >= 4 is 16.8 Å². The molecule has 2 aromatic heterocycles. The molecular weight excluding hydrogens is 487 g/mol. The lowest BCUT2D eigenvalue weighted by Crippen LogP contribution is -2.38. The Bertz CT molecular complexity index is 1200. The van der Waals surface area contributed by atoms with Gasteiger partial charge in [-0.2, -0.15) is 23.3 Å². The van der Waals surface area contributed by atoms with Crippen molar-refractivity contribution in [3.05, 3.63) is 41.4 Å². The highest BCUT2D eigenvalue weighted by molar-refractivity contribution is 6.06. The van der Waals surface area contributed by atoms with E-state index in [0.717, 1.165) is 62.6 Å². The van der Waals surface area contributed by atoms with Crippen LogP contribution in [0.25, 0.3) is 10.9 Å². The fraction of sp³-hybridized carbons (Fsp3) is 0.577. The van der Waals surface area contributed by atoms with Gasteiger partial charge in [-0.25, -0.2) is 0 Å². The maximum absolute atomic E-state index is 12.9. The zero-order valence-corrected chi connectivity index (χ0v) is 20.9. The number of aryl methyl sites for hydroxylation is 1. The molecule has 2 aliphatic rings. The van der Waals surface area contributed by atoms with E-state index in [9.17, 15) is 18.0 Å². The standard InChI is InChI=1S/C26H32F3N5O3/c1-33-15-20-19(3-2-4-21(20)32-33)24(35)30-18-7-5-17(6-8-18)9-12-34-13-10-22-23(11-14-34)37-25(31-22)36-16-26(27,28)29/h2-4,15,17-18H,5-14,16H2,1H3,(H,30,35). The highest BCUT2D eigenvalue weighted by Gasteiger charge is 2.30. The number of aromatic nitrogens is 3. The molecule has 1 saturated carbocycles. The smallest absolute Gasteiger partial charge is 0.422 e. The summed E-state index contributed by atoms with van der Waals surface area (Å²) < 4.78 is 48.9. The van der Waals surface area contributed by atoms with Crippen LogP contribution in [0.5, 0.6) is 6.08 Å². The lowest BCUT2D eigenvalue weighted by Gasteiger charge is -2.30. The molecule has 200 valence electrons. The molecule has 1 aromatic carbocycles. The van der Waals surface area contributed by atoms with Gasteiger partial charge in [-0.3, -0.25) is 9.48 Å². The summed E-state index contributed by atoms with van der Waals surface area (Å²) in [5.41, 5.74) is 2.18. The number of halogens is 3. The Morgan fingerprint density at radius 3 is 2.76 bits per heavy atom. The quantitative estimate of drug-likeness (QED) is 0.502. The van der Waals surface area contributed by atoms with Crippen LogP contribution in [-0.2, 0) is 19.9 Å². The molecule has 0 radical (unpaired) electrons. The van der Waals surface area contributed by atoms with E-state index in [0.29, 0.717) is 35.8 Å². The molecule has 0 atom stereocenters. The summed E-state index contributed by atoms with van der Waals surface area (Å²) in [5, 5.41) is 8.48. The number of amides is 1. The average molecular weight is 520 g/mol. The summed E-state index contributed by atoms with van der Waals surface area (Å²) in [7, 11) is 1.85. The second kappa shape index (κ2) is 10.7. The lowest BCUT2D eigenvalue weighted by atomic mass is 9.84. The highest BCUT2D eigenvalue weighted by Crippen LogP contribution is 2.29. The van der Waals surface area contributed by atoms with Gasteiger partial charge in [0, 0.05) is 50.6 Å². The first-order valence-corrected chi connectivity index (χ1v) is 12.9. The zero-order valence-electron chi connectivity index (χ0n) is 20.9. The van der Waals surface area contributed by atoms with Crippen molar-refractivity contribution in [1.82, 2.24) is 25.0 Å². The first-order chi connectivity index (χ1) is 17.7. The Kier molecular flexibility index (Phi) is 7.41. The fourth-order valence-corrected chi connectivity index (χ4v) is 5.40. The Morgan fingerprint density at radius 2 is 1.97 bits per heavy atom. The van der Waals surface area contributed by atoms with E-state index in [4.69, 9.17) is 4.42 Å². The first-order valence-electron chi connectivity index (χ1n) is 12.9. The third-order valence-corrected chi connectivity index (χ3v) is 7.38. The van der Waals surface area contributed by atoms with Gasteiger partial charge in [-0.15, -0.1) is 0 Å². The molecule has 3 heterocycles. The van der Waals surface area contributed by atoms with Gasteiger partial charge in [0.25, 0.3) is 5.91 Å². The average Bonchev–Trinajstić information content (AvgIpc) is 3.39. The summed E-state index contributed by atoms with van der Waals surface area (Å²) >= 11 is 0. The van der Waals surface area contributed by atoms with Crippen molar-refractivity contribution in [2.24, 2.45) is 13.0 Å². The van der Waals surface area contributed by atoms with Crippen LogP contribution in [0, 0.1) is 5.92 Å². The monoisotopic (exact) mass is 519 g/mol. The van der Waals surface area contributed by atoms with Gasteiger partial charge >= 0.3 is 12.3 Å². The van der Waals surface area contributed by atoms with E-state index >= 15 is 0 Å². The summed E-state index contributed by atoms with van der Waals surface area (Å²) in [6, 6.07) is 5.82. The van der Waals surface area contributed by atoms with Gasteiger partial charge in [-0.05, 0) is 56.7 Å². The van der Waals surface area contributed by atoms with E-state index in [1.54, 1.807) is 4.68 Å². The number of carbonyl (C=O) groups is 1. The number of nitrogens with one attached hydrogen (secondary N) is 1. The largest absolute Gasteiger partial charge is 0.441 e. The molecule has 1 fully saturated rings. The molecule has 0 saturated heterocycles. The Morgan fingerprint density at radius 1 is 1.19 bits per heavy atom. The molecule has 0 bridgehead atoms. The highest BCUT2D eigenvalue weighted by atomic mass is 19.4. The zero-order chi connectivity index (χ0) is 26.0. The van der Waals surface area contributed by atoms with E-state index in [1.807, 2.05) is 31.4 Å². The molecule has 5 rings (SSSR count). The first kappa shape index (κ1) is 25.6. The number of oxazole rings is 1. The van der Waals surface area contributed by atoms with Crippen LogP contribution in [0.15, 0.2) is 28.8 Å². The summed E-state index contributed by atoms with van der Waals surface area (Å²) in [5.74, 6) is 1.21. The SMILES string of the molecule is Cn1cc2c(C(=O)NC3CCC(CCN4CCc5nc(OCC(F)(F)F)oc5CC4)CC3)cccc2n1. The number of benzene rings is 1. The molecule has 3 aromatic rings. The number of fused-ring (bicyclic) bond motifs is 2. The summed E-state index contributed by atoms with van der Waals surface area (Å²) in [6.45, 7) is 1.15.